The van der Waals surface area contributed by atoms with Gasteiger partial charge in [-0.1, -0.05) is 0 Å². The van der Waals surface area contributed by atoms with E-state index in [1.165, 1.54) is 25.9 Å². The van der Waals surface area contributed by atoms with Crippen LogP contribution >= 0.6 is 0 Å². The molecule has 22 heavy (non-hydrogen) atoms. The lowest BCUT2D eigenvalue weighted by atomic mass is 9.96. The zero-order valence-corrected chi connectivity index (χ0v) is 14.7. The third-order valence-corrected chi connectivity index (χ3v) is 4.68. The molecule has 1 N–H and O–H groups in total. The van der Waals surface area contributed by atoms with Gasteiger partial charge in [0.15, 0.2) is 0 Å². The normalized spacial score (nSPS) is 22.8. The summed E-state index contributed by atoms with van der Waals surface area (Å²) in [6.07, 6.45) is 4.52. The molecule has 0 atom stereocenters. The minimum atomic E-state index is -0.399. The van der Waals surface area contributed by atoms with Crippen molar-refractivity contribution in [3.63, 3.8) is 0 Å². The highest BCUT2D eigenvalue weighted by molar-refractivity contribution is 5.68. The third kappa shape index (κ3) is 5.76. The van der Waals surface area contributed by atoms with Gasteiger partial charge in [-0.15, -0.1) is 0 Å². The van der Waals surface area contributed by atoms with Crippen LogP contribution in [0.1, 0.15) is 46.5 Å². The van der Waals surface area contributed by atoms with Gasteiger partial charge in [0.05, 0.1) is 0 Å². The van der Waals surface area contributed by atoms with Gasteiger partial charge in [0.1, 0.15) is 5.60 Å². The van der Waals surface area contributed by atoms with E-state index in [1.54, 1.807) is 0 Å². The van der Waals surface area contributed by atoms with Crippen molar-refractivity contribution in [2.45, 2.75) is 58.1 Å². The number of ether oxygens (including phenoxy) is 1. The van der Waals surface area contributed by atoms with Crippen LogP contribution in [0.15, 0.2) is 0 Å². The average Bonchev–Trinajstić information content (AvgIpc) is 2.45. The van der Waals surface area contributed by atoms with Crippen LogP contribution in [0.25, 0.3) is 0 Å². The zero-order chi connectivity index (χ0) is 16.2. The summed E-state index contributed by atoms with van der Waals surface area (Å²) >= 11 is 0. The first-order chi connectivity index (χ1) is 10.3. The van der Waals surface area contributed by atoms with Crippen molar-refractivity contribution < 1.29 is 9.53 Å². The van der Waals surface area contributed by atoms with Crippen LogP contribution in [0.2, 0.25) is 0 Å². The maximum absolute atomic E-state index is 12.0. The van der Waals surface area contributed by atoms with Crippen LogP contribution in [0, 0.1) is 5.92 Å². The van der Waals surface area contributed by atoms with Gasteiger partial charge in [-0.3, -0.25) is 0 Å². The second kappa shape index (κ2) is 7.64. The van der Waals surface area contributed by atoms with Crippen molar-refractivity contribution in [2.75, 3.05) is 39.8 Å². The largest absolute Gasteiger partial charge is 0.444 e. The van der Waals surface area contributed by atoms with Crippen LogP contribution in [0.3, 0.4) is 0 Å². The van der Waals surface area contributed by atoms with Crippen LogP contribution in [0.5, 0.6) is 0 Å². The SMILES string of the molecule is CN1CCC(NCC2CCN(C(=O)OC(C)(C)C)CC2)CC1. The van der Waals surface area contributed by atoms with E-state index in [-0.39, 0.29) is 6.09 Å². The van der Waals surface area contributed by atoms with Gasteiger partial charge in [-0.05, 0) is 79.1 Å². The molecule has 0 aromatic heterocycles. The predicted octanol–water partition coefficient (Wildman–Crippen LogP) is 2.32. The topological polar surface area (TPSA) is 44.8 Å². The Morgan fingerprint density at radius 1 is 1.09 bits per heavy atom. The summed E-state index contributed by atoms with van der Waals surface area (Å²) in [5.41, 5.74) is -0.399. The Bertz CT molecular complexity index is 351. The molecule has 0 aromatic rings. The summed E-state index contributed by atoms with van der Waals surface area (Å²) in [6, 6.07) is 0.681. The van der Waals surface area contributed by atoms with Crippen molar-refractivity contribution in [1.82, 2.24) is 15.1 Å². The Morgan fingerprint density at radius 3 is 2.23 bits per heavy atom. The molecule has 0 aliphatic carbocycles. The minimum Gasteiger partial charge on any atom is -0.444 e. The number of hydrogen-bond acceptors (Lipinski definition) is 4. The monoisotopic (exact) mass is 311 g/mol. The van der Waals surface area contributed by atoms with E-state index in [0.29, 0.717) is 12.0 Å². The maximum Gasteiger partial charge on any atom is 0.410 e. The summed E-state index contributed by atoms with van der Waals surface area (Å²) in [7, 11) is 2.20. The molecule has 0 saturated carbocycles. The van der Waals surface area contributed by atoms with E-state index < -0.39 is 5.60 Å². The maximum atomic E-state index is 12.0. The highest BCUT2D eigenvalue weighted by Gasteiger charge is 2.27. The molecule has 2 fully saturated rings. The van der Waals surface area contributed by atoms with Gasteiger partial charge >= 0.3 is 6.09 Å². The molecule has 2 heterocycles. The Morgan fingerprint density at radius 2 is 1.68 bits per heavy atom. The van der Waals surface area contributed by atoms with Gasteiger partial charge in [0.25, 0.3) is 0 Å². The lowest BCUT2D eigenvalue weighted by molar-refractivity contribution is 0.0182. The molecule has 0 unspecified atom stereocenters. The molecule has 5 nitrogen and oxygen atoms in total. The number of rotatable bonds is 3. The van der Waals surface area contributed by atoms with Gasteiger partial charge in [0, 0.05) is 19.1 Å². The highest BCUT2D eigenvalue weighted by Crippen LogP contribution is 2.20. The molecule has 2 saturated heterocycles. The first-order valence-electron chi connectivity index (χ1n) is 8.73. The number of carbonyl (C=O) groups is 1. The van der Waals surface area contributed by atoms with Gasteiger partial charge < -0.3 is 19.9 Å². The van der Waals surface area contributed by atoms with E-state index in [2.05, 4.69) is 17.3 Å². The van der Waals surface area contributed by atoms with E-state index in [0.717, 1.165) is 32.5 Å². The highest BCUT2D eigenvalue weighted by atomic mass is 16.6. The van der Waals surface area contributed by atoms with Crippen LogP contribution in [-0.4, -0.2) is 67.3 Å². The molecule has 0 aromatic carbocycles. The average molecular weight is 311 g/mol. The summed E-state index contributed by atoms with van der Waals surface area (Å²) < 4.78 is 5.44. The number of piperidine rings is 2. The van der Waals surface area contributed by atoms with E-state index >= 15 is 0 Å². The molecule has 2 aliphatic rings. The predicted molar refractivity (Wildman–Crippen MR) is 89.1 cm³/mol. The number of likely N-dealkylation sites (tertiary alicyclic amines) is 2. The second-order valence-electron chi connectivity index (χ2n) is 7.90. The van der Waals surface area contributed by atoms with Crippen LogP contribution in [0.4, 0.5) is 4.79 Å². The Balaban J connectivity index is 1.64. The number of carbonyl (C=O) groups excluding carboxylic acids is 1. The first kappa shape index (κ1) is 17.5. The Kier molecular flexibility index (Phi) is 6.09. The molecule has 2 rings (SSSR count). The van der Waals surface area contributed by atoms with Crippen molar-refractivity contribution >= 4 is 6.09 Å². The lowest BCUT2D eigenvalue weighted by Gasteiger charge is -2.35. The Hall–Kier alpha value is -0.810. The summed E-state index contributed by atoms with van der Waals surface area (Å²) in [5.74, 6) is 0.693. The van der Waals surface area contributed by atoms with Gasteiger partial charge in [-0.2, -0.15) is 0 Å². The fraction of sp³-hybridized carbons (Fsp3) is 0.941. The fourth-order valence-electron chi connectivity index (χ4n) is 3.19. The molecule has 0 bridgehead atoms. The molecule has 2 aliphatic heterocycles. The standard InChI is InChI=1S/C17H33N3O2/c1-17(2,3)22-16(21)20-11-5-14(6-12-20)13-18-15-7-9-19(4)10-8-15/h14-15,18H,5-13H2,1-4H3. The van der Waals surface area contributed by atoms with Crippen molar-refractivity contribution in [3.05, 3.63) is 0 Å². The quantitative estimate of drug-likeness (QED) is 0.869. The van der Waals surface area contributed by atoms with E-state index in [1.807, 2.05) is 25.7 Å². The fourth-order valence-corrected chi connectivity index (χ4v) is 3.19. The molecule has 1 amide bonds. The number of amides is 1. The molecule has 5 heteroatoms. The lowest BCUT2D eigenvalue weighted by Crippen LogP contribution is -2.46. The summed E-state index contributed by atoms with van der Waals surface area (Å²) in [6.45, 7) is 10.9. The molecule has 0 spiro atoms. The van der Waals surface area contributed by atoms with E-state index in [4.69, 9.17) is 4.74 Å². The van der Waals surface area contributed by atoms with Crippen molar-refractivity contribution in [1.29, 1.82) is 0 Å². The third-order valence-electron chi connectivity index (χ3n) is 4.68. The van der Waals surface area contributed by atoms with Crippen LogP contribution in [-0.2, 0) is 4.74 Å². The smallest absolute Gasteiger partial charge is 0.410 e. The molecule has 128 valence electrons. The number of nitrogens with zero attached hydrogens (tertiary/aromatic N) is 2. The van der Waals surface area contributed by atoms with Crippen LogP contribution < -0.4 is 5.32 Å². The molecular formula is C17H33N3O2. The number of hydrogen-bond donors (Lipinski definition) is 1. The number of nitrogens with one attached hydrogen (secondary N) is 1. The molecular weight excluding hydrogens is 278 g/mol. The van der Waals surface area contributed by atoms with Gasteiger partial charge in [-0.25, -0.2) is 4.79 Å². The first-order valence-corrected chi connectivity index (χ1v) is 8.73. The minimum absolute atomic E-state index is 0.158. The van der Waals surface area contributed by atoms with Crippen molar-refractivity contribution in [3.8, 4) is 0 Å². The molecule has 0 radical (unpaired) electrons. The Labute approximate surface area is 135 Å². The zero-order valence-electron chi connectivity index (χ0n) is 14.7. The summed E-state index contributed by atoms with van der Waals surface area (Å²) in [4.78, 5) is 16.3. The van der Waals surface area contributed by atoms with Gasteiger partial charge in [0.2, 0.25) is 0 Å². The second-order valence-corrected chi connectivity index (χ2v) is 7.90. The van der Waals surface area contributed by atoms with E-state index in [9.17, 15) is 4.79 Å². The van der Waals surface area contributed by atoms with Crippen molar-refractivity contribution in [2.24, 2.45) is 5.92 Å². The summed E-state index contributed by atoms with van der Waals surface area (Å²) in [5, 5.41) is 3.73.